The summed E-state index contributed by atoms with van der Waals surface area (Å²) < 4.78 is 0. The molecule has 7 heteroatoms. The minimum atomic E-state index is -0.538. The van der Waals surface area contributed by atoms with Crippen LogP contribution >= 0.6 is 11.3 Å². The summed E-state index contributed by atoms with van der Waals surface area (Å²) in [5.74, 6) is -0.0459. The summed E-state index contributed by atoms with van der Waals surface area (Å²) in [6.07, 6.45) is 2.51. The first-order valence-corrected chi connectivity index (χ1v) is 12.8. The van der Waals surface area contributed by atoms with Crippen molar-refractivity contribution in [2.24, 2.45) is 11.7 Å². The third-order valence-electron chi connectivity index (χ3n) is 7.15. The van der Waals surface area contributed by atoms with Crippen molar-refractivity contribution in [2.45, 2.75) is 45.2 Å². The molecule has 2 fully saturated rings. The van der Waals surface area contributed by atoms with Crippen molar-refractivity contribution in [1.82, 2.24) is 14.9 Å². The number of piperidine rings is 1. The average Bonchev–Trinajstić information content (AvgIpc) is 3.32. The van der Waals surface area contributed by atoms with Gasteiger partial charge in [0.2, 0.25) is 0 Å². The van der Waals surface area contributed by atoms with Gasteiger partial charge in [0, 0.05) is 17.5 Å². The molecule has 6 rings (SSSR count). The van der Waals surface area contributed by atoms with E-state index >= 15 is 0 Å². The lowest BCUT2D eigenvalue weighted by Crippen LogP contribution is -2.40. The number of carbonyl (C=O) groups is 2. The number of primary amides is 1. The van der Waals surface area contributed by atoms with Gasteiger partial charge in [0.05, 0.1) is 15.4 Å². The van der Waals surface area contributed by atoms with Crippen LogP contribution < -0.4 is 5.73 Å². The number of aryl methyl sites for hydroxylation is 2. The smallest absolute Gasteiger partial charge is 0.274 e. The molecule has 0 radical (unpaired) electrons. The van der Waals surface area contributed by atoms with E-state index in [9.17, 15) is 9.59 Å². The van der Waals surface area contributed by atoms with Gasteiger partial charge in [-0.1, -0.05) is 48.0 Å². The lowest BCUT2D eigenvalue weighted by atomic mass is 9.98. The fourth-order valence-electron chi connectivity index (χ4n) is 5.52. The van der Waals surface area contributed by atoms with Crippen molar-refractivity contribution >= 4 is 34.1 Å². The Morgan fingerprint density at radius 3 is 2.66 bits per heavy atom. The van der Waals surface area contributed by atoms with Crippen LogP contribution in [-0.2, 0) is 6.42 Å². The third-order valence-corrected chi connectivity index (χ3v) is 8.17. The Labute approximate surface area is 207 Å². The highest BCUT2D eigenvalue weighted by Gasteiger charge is 2.54. The van der Waals surface area contributed by atoms with E-state index in [0.717, 1.165) is 50.3 Å². The first-order valence-electron chi connectivity index (χ1n) is 11.9. The molecule has 1 saturated heterocycles. The van der Waals surface area contributed by atoms with Gasteiger partial charge in [-0.15, -0.1) is 11.3 Å². The van der Waals surface area contributed by atoms with E-state index in [1.807, 2.05) is 54.3 Å². The van der Waals surface area contributed by atoms with Gasteiger partial charge in [-0.05, 0) is 62.3 Å². The summed E-state index contributed by atoms with van der Waals surface area (Å²) in [6.45, 7) is 4.00. The molecule has 0 bridgehead atoms. The highest BCUT2D eigenvalue weighted by atomic mass is 32.1. The number of carbonyl (C=O) groups excluding carboxylic acids is 2. The molecule has 1 saturated carbocycles. The number of rotatable bonds is 5. The first kappa shape index (κ1) is 21.9. The number of thiazole rings is 1. The van der Waals surface area contributed by atoms with Crippen LogP contribution in [0.2, 0.25) is 0 Å². The molecule has 1 aliphatic carbocycles. The largest absolute Gasteiger partial charge is 0.364 e. The van der Waals surface area contributed by atoms with E-state index in [2.05, 4.69) is 29.0 Å². The number of amides is 2. The Balaban J connectivity index is 1.36. The summed E-state index contributed by atoms with van der Waals surface area (Å²) in [4.78, 5) is 38.4. The van der Waals surface area contributed by atoms with Crippen molar-refractivity contribution < 1.29 is 9.59 Å². The maximum absolute atomic E-state index is 14.0. The molecule has 2 N–H and O–H groups in total. The van der Waals surface area contributed by atoms with E-state index in [4.69, 9.17) is 5.73 Å². The van der Waals surface area contributed by atoms with Gasteiger partial charge in [-0.2, -0.15) is 0 Å². The molecule has 4 aromatic rings. The third kappa shape index (κ3) is 3.90. The molecule has 2 amide bonds. The molecule has 35 heavy (non-hydrogen) atoms. The molecular weight excluding hydrogens is 456 g/mol. The number of nitrogens with zero attached hydrogens (tertiary/aromatic N) is 3. The van der Waals surface area contributed by atoms with Gasteiger partial charge in [0.1, 0.15) is 11.4 Å². The zero-order valence-corrected chi connectivity index (χ0v) is 20.5. The van der Waals surface area contributed by atoms with Crippen molar-refractivity contribution in [2.75, 3.05) is 0 Å². The number of pyridine rings is 1. The van der Waals surface area contributed by atoms with Gasteiger partial charge in [0.15, 0.2) is 0 Å². The van der Waals surface area contributed by atoms with E-state index in [-0.39, 0.29) is 18.0 Å². The number of likely N-dealkylation sites (tertiary alicyclic amines) is 1. The molecule has 3 heterocycles. The lowest BCUT2D eigenvalue weighted by molar-refractivity contribution is 0.0695. The van der Waals surface area contributed by atoms with Gasteiger partial charge in [0.25, 0.3) is 11.8 Å². The number of para-hydroxylation sites is 1. The maximum atomic E-state index is 14.0. The van der Waals surface area contributed by atoms with Crippen LogP contribution in [0.15, 0.2) is 54.6 Å². The number of fused-ring (bicyclic) bond motifs is 2. The van der Waals surface area contributed by atoms with Gasteiger partial charge in [-0.3, -0.25) is 9.59 Å². The van der Waals surface area contributed by atoms with E-state index < -0.39 is 5.91 Å². The average molecular weight is 483 g/mol. The summed E-state index contributed by atoms with van der Waals surface area (Å²) in [5.41, 5.74) is 10.3. The molecule has 1 aliphatic heterocycles. The standard InChI is InChI=1S/C28H26N4O2S/c1-15-6-5-8-18(10-15)26-25(30-16(2)35-26)28(34)32-21(12-19-14-23(19)32)13-20-11-17-7-3-4-9-22(17)31-24(20)27(29)33/h3-11,19,21,23H,12-14H2,1-2H3,(H2,29,33)/t19-,21+,23+/m1/s1. The normalized spacial score (nSPS) is 20.7. The molecule has 2 aliphatic rings. The van der Waals surface area contributed by atoms with E-state index in [1.165, 1.54) is 0 Å². The lowest BCUT2D eigenvalue weighted by Gasteiger charge is -2.28. The predicted molar refractivity (Wildman–Crippen MR) is 137 cm³/mol. The van der Waals surface area contributed by atoms with E-state index in [0.29, 0.717) is 23.7 Å². The summed E-state index contributed by atoms with van der Waals surface area (Å²) >= 11 is 1.56. The molecular formula is C28H26N4O2S. The number of hydrogen-bond donors (Lipinski definition) is 1. The minimum Gasteiger partial charge on any atom is -0.364 e. The highest BCUT2D eigenvalue weighted by molar-refractivity contribution is 7.15. The van der Waals surface area contributed by atoms with Crippen LogP contribution in [0.3, 0.4) is 0 Å². The Kier molecular flexibility index (Phi) is 5.18. The highest BCUT2D eigenvalue weighted by Crippen LogP contribution is 2.49. The van der Waals surface area contributed by atoms with Gasteiger partial charge in [-0.25, -0.2) is 9.97 Å². The molecule has 2 aromatic heterocycles. The van der Waals surface area contributed by atoms with Crippen LogP contribution in [0.25, 0.3) is 21.3 Å². The maximum Gasteiger partial charge on any atom is 0.274 e. The number of benzene rings is 2. The van der Waals surface area contributed by atoms with Crippen LogP contribution in [0.5, 0.6) is 0 Å². The Morgan fingerprint density at radius 2 is 1.86 bits per heavy atom. The molecule has 176 valence electrons. The number of aromatic nitrogens is 2. The summed E-state index contributed by atoms with van der Waals surface area (Å²) in [5, 5.41) is 1.84. The van der Waals surface area contributed by atoms with Crippen LogP contribution in [0.1, 0.15) is 50.0 Å². The zero-order chi connectivity index (χ0) is 24.3. The van der Waals surface area contributed by atoms with Gasteiger partial charge >= 0.3 is 0 Å². The number of hydrogen-bond acceptors (Lipinski definition) is 5. The Bertz CT molecular complexity index is 1490. The molecule has 0 unspecified atom stereocenters. The second-order valence-electron chi connectivity index (χ2n) is 9.70. The molecule has 0 spiro atoms. The van der Waals surface area contributed by atoms with Crippen molar-refractivity contribution in [3.8, 4) is 10.4 Å². The topological polar surface area (TPSA) is 89.2 Å². The summed E-state index contributed by atoms with van der Waals surface area (Å²) in [7, 11) is 0. The Morgan fingerprint density at radius 1 is 1.03 bits per heavy atom. The minimum absolute atomic E-state index is 0.0142. The van der Waals surface area contributed by atoms with Crippen LogP contribution in [0, 0.1) is 19.8 Å². The Hall–Kier alpha value is -3.58. The quantitative estimate of drug-likeness (QED) is 0.437. The fraction of sp³-hybridized carbons (Fsp3) is 0.286. The van der Waals surface area contributed by atoms with E-state index in [1.54, 1.807) is 11.3 Å². The summed E-state index contributed by atoms with van der Waals surface area (Å²) in [6, 6.07) is 18.1. The predicted octanol–water partition coefficient (Wildman–Crippen LogP) is 4.92. The molecule has 3 atom stereocenters. The molecule has 6 nitrogen and oxygen atoms in total. The SMILES string of the molecule is Cc1cccc(-c2sc(C)nc2C(=O)N2[C@H](Cc3cc4ccccc4nc3C(N)=O)C[C@@H]3C[C@@H]32)c1. The number of nitrogens with two attached hydrogens (primary N) is 1. The van der Waals surface area contributed by atoms with Crippen molar-refractivity contribution in [1.29, 1.82) is 0 Å². The fourth-order valence-corrected chi connectivity index (χ4v) is 6.42. The van der Waals surface area contributed by atoms with Gasteiger partial charge < -0.3 is 10.6 Å². The van der Waals surface area contributed by atoms with Crippen molar-refractivity contribution in [3.05, 3.63) is 82.1 Å². The van der Waals surface area contributed by atoms with Crippen LogP contribution in [0.4, 0.5) is 0 Å². The van der Waals surface area contributed by atoms with Crippen molar-refractivity contribution in [3.63, 3.8) is 0 Å². The second-order valence-corrected chi connectivity index (χ2v) is 10.9. The first-order chi connectivity index (χ1) is 16.9. The zero-order valence-electron chi connectivity index (χ0n) is 19.7. The monoisotopic (exact) mass is 482 g/mol. The van der Waals surface area contributed by atoms with Crippen LogP contribution in [-0.4, -0.2) is 38.8 Å². The second kappa shape index (κ2) is 8.27. The molecule has 2 aromatic carbocycles.